The third-order valence-corrected chi connectivity index (χ3v) is 4.52. The molecule has 4 nitrogen and oxygen atoms in total. The fourth-order valence-corrected chi connectivity index (χ4v) is 3.27. The Balaban J connectivity index is 1.76. The lowest BCUT2D eigenvalue weighted by Gasteiger charge is -2.25. The number of nitrogens with two attached hydrogens (primary N) is 1. The SMILES string of the molecule is Cc1nnc(CC(N)C2CC2)n1C1CCCCC1. The average molecular weight is 248 g/mol. The molecule has 100 valence electrons. The molecule has 2 aliphatic rings. The van der Waals surface area contributed by atoms with Gasteiger partial charge in [-0.3, -0.25) is 0 Å². The third-order valence-electron chi connectivity index (χ3n) is 4.52. The summed E-state index contributed by atoms with van der Waals surface area (Å²) in [5, 5.41) is 8.66. The summed E-state index contributed by atoms with van der Waals surface area (Å²) in [4.78, 5) is 0. The van der Waals surface area contributed by atoms with E-state index in [-0.39, 0.29) is 6.04 Å². The van der Waals surface area contributed by atoms with Crippen molar-refractivity contribution in [2.75, 3.05) is 0 Å². The minimum Gasteiger partial charge on any atom is -0.327 e. The Labute approximate surface area is 109 Å². The molecule has 1 atom stereocenters. The topological polar surface area (TPSA) is 56.7 Å². The number of nitrogens with zero attached hydrogens (tertiary/aromatic N) is 3. The first-order chi connectivity index (χ1) is 8.75. The lowest BCUT2D eigenvalue weighted by molar-refractivity contribution is 0.338. The van der Waals surface area contributed by atoms with Crippen LogP contribution in [0.3, 0.4) is 0 Å². The normalized spacial score (nSPS) is 23.2. The first kappa shape index (κ1) is 12.2. The molecule has 0 spiro atoms. The van der Waals surface area contributed by atoms with Gasteiger partial charge in [0.1, 0.15) is 11.6 Å². The summed E-state index contributed by atoms with van der Waals surface area (Å²) in [6.07, 6.45) is 10.1. The minimum atomic E-state index is 0.288. The highest BCUT2D eigenvalue weighted by molar-refractivity contribution is 5.02. The Morgan fingerprint density at radius 3 is 2.56 bits per heavy atom. The molecule has 1 aromatic rings. The summed E-state index contributed by atoms with van der Waals surface area (Å²) in [5.74, 6) is 2.93. The quantitative estimate of drug-likeness (QED) is 0.890. The molecule has 2 saturated carbocycles. The second-order valence-corrected chi connectivity index (χ2v) is 6.03. The number of rotatable bonds is 4. The van der Waals surface area contributed by atoms with Crippen molar-refractivity contribution in [3.8, 4) is 0 Å². The van der Waals surface area contributed by atoms with E-state index < -0.39 is 0 Å². The van der Waals surface area contributed by atoms with Gasteiger partial charge in [0.15, 0.2) is 0 Å². The highest BCUT2D eigenvalue weighted by Gasteiger charge is 2.30. The van der Waals surface area contributed by atoms with Gasteiger partial charge in [-0.2, -0.15) is 0 Å². The fraction of sp³-hybridized carbons (Fsp3) is 0.857. The van der Waals surface area contributed by atoms with E-state index in [9.17, 15) is 0 Å². The summed E-state index contributed by atoms with van der Waals surface area (Å²) < 4.78 is 2.38. The van der Waals surface area contributed by atoms with E-state index in [0.29, 0.717) is 6.04 Å². The molecule has 0 saturated heterocycles. The molecule has 1 unspecified atom stereocenters. The molecule has 2 fully saturated rings. The molecule has 3 rings (SSSR count). The Bertz CT molecular complexity index is 402. The van der Waals surface area contributed by atoms with Gasteiger partial charge >= 0.3 is 0 Å². The van der Waals surface area contributed by atoms with Crippen molar-refractivity contribution in [1.82, 2.24) is 14.8 Å². The first-order valence-electron chi connectivity index (χ1n) is 7.41. The molecular formula is C14H24N4. The maximum atomic E-state index is 6.24. The van der Waals surface area contributed by atoms with E-state index in [1.807, 2.05) is 0 Å². The lowest BCUT2D eigenvalue weighted by atomic mass is 9.95. The number of hydrogen-bond acceptors (Lipinski definition) is 3. The van der Waals surface area contributed by atoms with Crippen LogP contribution >= 0.6 is 0 Å². The number of hydrogen-bond donors (Lipinski definition) is 1. The highest BCUT2D eigenvalue weighted by atomic mass is 15.3. The number of aryl methyl sites for hydroxylation is 1. The van der Waals surface area contributed by atoms with Crippen LogP contribution in [0.5, 0.6) is 0 Å². The summed E-state index contributed by atoms with van der Waals surface area (Å²) in [6, 6.07) is 0.908. The van der Waals surface area contributed by atoms with E-state index in [1.165, 1.54) is 44.9 Å². The van der Waals surface area contributed by atoms with Crippen molar-refractivity contribution in [2.24, 2.45) is 11.7 Å². The standard InChI is InChI=1S/C14H24N4/c1-10-16-17-14(9-13(15)11-7-8-11)18(10)12-5-3-2-4-6-12/h11-13H,2-9,15H2,1H3. The molecule has 0 bridgehead atoms. The largest absolute Gasteiger partial charge is 0.327 e. The molecule has 1 aromatic heterocycles. The summed E-state index contributed by atoms with van der Waals surface area (Å²) in [7, 11) is 0. The number of aromatic nitrogens is 3. The van der Waals surface area contributed by atoms with Gasteiger partial charge in [-0.05, 0) is 38.5 Å². The van der Waals surface area contributed by atoms with Gasteiger partial charge in [0.2, 0.25) is 0 Å². The van der Waals surface area contributed by atoms with Crippen molar-refractivity contribution in [3.05, 3.63) is 11.6 Å². The molecule has 18 heavy (non-hydrogen) atoms. The van der Waals surface area contributed by atoms with Crippen molar-refractivity contribution in [1.29, 1.82) is 0 Å². The minimum absolute atomic E-state index is 0.288. The highest BCUT2D eigenvalue weighted by Crippen LogP contribution is 2.34. The molecule has 0 amide bonds. The molecule has 1 heterocycles. The van der Waals surface area contributed by atoms with Crippen LogP contribution in [0.1, 0.15) is 62.6 Å². The molecule has 2 N–H and O–H groups in total. The molecule has 0 aromatic carbocycles. The van der Waals surface area contributed by atoms with Gasteiger partial charge in [-0.25, -0.2) is 0 Å². The second kappa shape index (κ2) is 5.00. The predicted octanol–water partition coefficient (Wildman–Crippen LogP) is 2.37. The van der Waals surface area contributed by atoms with E-state index in [4.69, 9.17) is 5.73 Å². The second-order valence-electron chi connectivity index (χ2n) is 6.03. The summed E-state index contributed by atoms with van der Waals surface area (Å²) in [6.45, 7) is 2.08. The van der Waals surface area contributed by atoms with E-state index in [0.717, 1.165) is 24.0 Å². The Morgan fingerprint density at radius 2 is 1.89 bits per heavy atom. The van der Waals surface area contributed by atoms with Crippen LogP contribution in [-0.4, -0.2) is 20.8 Å². The molecule has 0 radical (unpaired) electrons. The average Bonchev–Trinajstić information content (AvgIpc) is 3.17. The predicted molar refractivity (Wildman–Crippen MR) is 71.3 cm³/mol. The maximum absolute atomic E-state index is 6.24. The zero-order valence-electron chi connectivity index (χ0n) is 11.3. The van der Waals surface area contributed by atoms with Crippen LogP contribution in [0.2, 0.25) is 0 Å². The van der Waals surface area contributed by atoms with Crippen molar-refractivity contribution in [3.63, 3.8) is 0 Å². The van der Waals surface area contributed by atoms with Crippen LogP contribution in [0, 0.1) is 12.8 Å². The maximum Gasteiger partial charge on any atom is 0.134 e. The Kier molecular flexibility index (Phi) is 3.37. The van der Waals surface area contributed by atoms with Crippen molar-refractivity contribution >= 4 is 0 Å². The van der Waals surface area contributed by atoms with E-state index in [2.05, 4.69) is 21.7 Å². The zero-order valence-corrected chi connectivity index (χ0v) is 11.3. The first-order valence-corrected chi connectivity index (χ1v) is 7.41. The van der Waals surface area contributed by atoms with Crippen LogP contribution in [0.4, 0.5) is 0 Å². The van der Waals surface area contributed by atoms with Crippen LogP contribution in [0.25, 0.3) is 0 Å². The Hall–Kier alpha value is -0.900. The van der Waals surface area contributed by atoms with E-state index in [1.54, 1.807) is 0 Å². The molecule has 2 aliphatic carbocycles. The molecule has 4 heteroatoms. The van der Waals surface area contributed by atoms with Crippen LogP contribution in [0.15, 0.2) is 0 Å². The zero-order chi connectivity index (χ0) is 12.5. The van der Waals surface area contributed by atoms with Gasteiger partial charge in [-0.1, -0.05) is 19.3 Å². The summed E-state index contributed by atoms with van der Waals surface area (Å²) in [5.41, 5.74) is 6.24. The van der Waals surface area contributed by atoms with Crippen LogP contribution in [-0.2, 0) is 6.42 Å². The van der Waals surface area contributed by atoms with Gasteiger partial charge in [0, 0.05) is 18.5 Å². The smallest absolute Gasteiger partial charge is 0.134 e. The third kappa shape index (κ3) is 2.44. The van der Waals surface area contributed by atoms with Gasteiger partial charge in [0.05, 0.1) is 0 Å². The fourth-order valence-electron chi connectivity index (χ4n) is 3.27. The monoisotopic (exact) mass is 248 g/mol. The molecular weight excluding hydrogens is 224 g/mol. The molecule has 0 aliphatic heterocycles. The van der Waals surface area contributed by atoms with Crippen molar-refractivity contribution in [2.45, 2.75) is 70.4 Å². The van der Waals surface area contributed by atoms with Gasteiger partial charge < -0.3 is 10.3 Å². The Morgan fingerprint density at radius 1 is 1.17 bits per heavy atom. The lowest BCUT2D eigenvalue weighted by Crippen LogP contribution is -2.28. The van der Waals surface area contributed by atoms with E-state index >= 15 is 0 Å². The van der Waals surface area contributed by atoms with Crippen LogP contribution < -0.4 is 5.73 Å². The van der Waals surface area contributed by atoms with Crippen molar-refractivity contribution < 1.29 is 0 Å². The van der Waals surface area contributed by atoms with Gasteiger partial charge in [0.25, 0.3) is 0 Å². The van der Waals surface area contributed by atoms with Gasteiger partial charge in [-0.15, -0.1) is 10.2 Å². The summed E-state index contributed by atoms with van der Waals surface area (Å²) >= 11 is 0.